The molecule has 0 aromatic rings. The minimum atomic E-state index is 0.210. The molecule has 0 aliphatic carbocycles. The van der Waals surface area contributed by atoms with Gasteiger partial charge >= 0.3 is 0 Å². The van der Waals surface area contributed by atoms with Gasteiger partial charge in [-0.1, -0.05) is 12.2 Å². The number of rotatable bonds is 3. The van der Waals surface area contributed by atoms with Gasteiger partial charge in [-0.05, 0) is 13.3 Å². The molecule has 1 heterocycles. The van der Waals surface area contributed by atoms with Crippen molar-refractivity contribution < 1.29 is 4.74 Å². The van der Waals surface area contributed by atoms with Crippen LogP contribution in [0.1, 0.15) is 13.3 Å². The molecule has 1 atom stereocenters. The van der Waals surface area contributed by atoms with E-state index in [1.807, 2.05) is 0 Å². The van der Waals surface area contributed by atoms with Crippen LogP contribution < -0.4 is 5.73 Å². The SMILES string of the molecule is C=C(C)CN1CCCOC(CN)C1. The summed E-state index contributed by atoms with van der Waals surface area (Å²) in [5.41, 5.74) is 6.80. The Balaban J connectivity index is 2.39. The predicted octanol–water partition coefficient (Wildman–Crippen LogP) is 0.612. The van der Waals surface area contributed by atoms with E-state index < -0.39 is 0 Å². The van der Waals surface area contributed by atoms with Gasteiger partial charge in [0.05, 0.1) is 6.10 Å². The third kappa shape index (κ3) is 3.89. The highest BCUT2D eigenvalue weighted by atomic mass is 16.5. The maximum absolute atomic E-state index is 5.59. The van der Waals surface area contributed by atoms with Crippen molar-refractivity contribution in [3.8, 4) is 0 Å². The van der Waals surface area contributed by atoms with Crippen LogP contribution >= 0.6 is 0 Å². The van der Waals surface area contributed by atoms with Gasteiger partial charge in [0.15, 0.2) is 0 Å². The molecule has 1 rings (SSSR count). The van der Waals surface area contributed by atoms with Crippen molar-refractivity contribution in [1.82, 2.24) is 4.90 Å². The Morgan fingerprint density at radius 3 is 3.08 bits per heavy atom. The van der Waals surface area contributed by atoms with Crippen LogP contribution in [0.25, 0.3) is 0 Å². The molecule has 0 aromatic heterocycles. The molecule has 3 heteroatoms. The number of hydrogen-bond acceptors (Lipinski definition) is 3. The molecule has 1 saturated heterocycles. The monoisotopic (exact) mass is 184 g/mol. The smallest absolute Gasteiger partial charge is 0.0824 e. The van der Waals surface area contributed by atoms with E-state index in [9.17, 15) is 0 Å². The maximum atomic E-state index is 5.59. The fourth-order valence-corrected chi connectivity index (χ4v) is 1.64. The summed E-state index contributed by atoms with van der Waals surface area (Å²) >= 11 is 0. The third-order valence-electron chi connectivity index (χ3n) is 2.19. The fraction of sp³-hybridized carbons (Fsp3) is 0.800. The molecular formula is C10H20N2O. The Hall–Kier alpha value is -0.380. The van der Waals surface area contributed by atoms with Crippen molar-refractivity contribution in [3.05, 3.63) is 12.2 Å². The Morgan fingerprint density at radius 1 is 1.69 bits per heavy atom. The van der Waals surface area contributed by atoms with Gasteiger partial charge in [-0.2, -0.15) is 0 Å². The van der Waals surface area contributed by atoms with E-state index in [0.29, 0.717) is 6.54 Å². The van der Waals surface area contributed by atoms with Gasteiger partial charge in [0.1, 0.15) is 0 Å². The Bertz CT molecular complexity index is 170. The van der Waals surface area contributed by atoms with E-state index in [4.69, 9.17) is 10.5 Å². The summed E-state index contributed by atoms with van der Waals surface area (Å²) in [5.74, 6) is 0. The van der Waals surface area contributed by atoms with Crippen LogP contribution in [0, 0.1) is 0 Å². The van der Waals surface area contributed by atoms with Crippen LogP contribution in [0.15, 0.2) is 12.2 Å². The van der Waals surface area contributed by atoms with Crippen molar-refractivity contribution in [2.24, 2.45) is 5.73 Å². The first-order chi connectivity index (χ1) is 6.22. The summed E-state index contributed by atoms with van der Waals surface area (Å²) in [7, 11) is 0. The van der Waals surface area contributed by atoms with E-state index in [-0.39, 0.29) is 6.10 Å². The number of nitrogens with zero attached hydrogens (tertiary/aromatic N) is 1. The van der Waals surface area contributed by atoms with Crippen LogP contribution in [-0.4, -0.2) is 43.8 Å². The van der Waals surface area contributed by atoms with Gasteiger partial charge < -0.3 is 10.5 Å². The van der Waals surface area contributed by atoms with Gasteiger partial charge in [0.25, 0.3) is 0 Å². The molecule has 0 bridgehead atoms. The van der Waals surface area contributed by atoms with Crippen LogP contribution in [0.5, 0.6) is 0 Å². The highest BCUT2D eigenvalue weighted by molar-refractivity contribution is 4.92. The first-order valence-corrected chi connectivity index (χ1v) is 4.90. The zero-order valence-electron chi connectivity index (χ0n) is 8.46. The number of hydrogen-bond donors (Lipinski definition) is 1. The van der Waals surface area contributed by atoms with Gasteiger partial charge in [-0.3, -0.25) is 4.90 Å². The molecule has 0 radical (unpaired) electrons. The van der Waals surface area contributed by atoms with E-state index in [2.05, 4.69) is 18.4 Å². The largest absolute Gasteiger partial charge is 0.376 e. The fourth-order valence-electron chi connectivity index (χ4n) is 1.64. The average molecular weight is 184 g/mol. The molecule has 1 aliphatic heterocycles. The molecule has 0 saturated carbocycles. The molecule has 0 aromatic carbocycles. The molecule has 1 unspecified atom stereocenters. The number of ether oxygens (including phenoxy) is 1. The van der Waals surface area contributed by atoms with Crippen LogP contribution in [0.3, 0.4) is 0 Å². The molecule has 76 valence electrons. The van der Waals surface area contributed by atoms with Gasteiger partial charge in [-0.15, -0.1) is 0 Å². The van der Waals surface area contributed by atoms with Gasteiger partial charge in [0.2, 0.25) is 0 Å². The quantitative estimate of drug-likeness (QED) is 0.653. The van der Waals surface area contributed by atoms with E-state index >= 15 is 0 Å². The average Bonchev–Trinajstić information content (AvgIpc) is 2.28. The van der Waals surface area contributed by atoms with Crippen molar-refractivity contribution in [2.75, 3.05) is 32.8 Å². The van der Waals surface area contributed by atoms with Crippen LogP contribution in [0.2, 0.25) is 0 Å². The van der Waals surface area contributed by atoms with Crippen molar-refractivity contribution in [3.63, 3.8) is 0 Å². The minimum Gasteiger partial charge on any atom is -0.376 e. The molecule has 1 aliphatic rings. The summed E-state index contributed by atoms with van der Waals surface area (Å²) < 4.78 is 5.57. The van der Waals surface area contributed by atoms with Crippen LogP contribution in [0.4, 0.5) is 0 Å². The summed E-state index contributed by atoms with van der Waals surface area (Å²) in [6.07, 6.45) is 1.31. The van der Waals surface area contributed by atoms with Gasteiger partial charge in [-0.25, -0.2) is 0 Å². The van der Waals surface area contributed by atoms with E-state index in [0.717, 1.165) is 32.7 Å². The predicted molar refractivity (Wildman–Crippen MR) is 54.7 cm³/mol. The molecule has 3 nitrogen and oxygen atoms in total. The van der Waals surface area contributed by atoms with Crippen LogP contribution in [-0.2, 0) is 4.74 Å². The Kier molecular flexibility index (Phi) is 4.42. The minimum absolute atomic E-state index is 0.210. The van der Waals surface area contributed by atoms with Crippen molar-refractivity contribution >= 4 is 0 Å². The summed E-state index contributed by atoms with van der Waals surface area (Å²) in [5, 5.41) is 0. The molecule has 2 N–H and O–H groups in total. The first-order valence-electron chi connectivity index (χ1n) is 4.90. The Morgan fingerprint density at radius 2 is 2.46 bits per heavy atom. The zero-order valence-corrected chi connectivity index (χ0v) is 8.46. The Labute approximate surface area is 80.5 Å². The summed E-state index contributed by atoms with van der Waals surface area (Å²) in [4.78, 5) is 2.37. The normalized spacial score (nSPS) is 25.5. The molecule has 1 fully saturated rings. The highest BCUT2D eigenvalue weighted by Crippen LogP contribution is 2.06. The van der Waals surface area contributed by atoms with Crippen molar-refractivity contribution in [2.45, 2.75) is 19.4 Å². The second-order valence-corrected chi connectivity index (χ2v) is 3.77. The molecule has 13 heavy (non-hydrogen) atoms. The zero-order chi connectivity index (χ0) is 9.68. The first kappa shape index (κ1) is 10.7. The lowest BCUT2D eigenvalue weighted by atomic mass is 10.2. The second-order valence-electron chi connectivity index (χ2n) is 3.77. The lowest BCUT2D eigenvalue weighted by Crippen LogP contribution is -2.36. The molecular weight excluding hydrogens is 164 g/mol. The molecule has 0 spiro atoms. The van der Waals surface area contributed by atoms with Crippen molar-refractivity contribution in [1.29, 1.82) is 0 Å². The lowest BCUT2D eigenvalue weighted by Gasteiger charge is -2.22. The van der Waals surface area contributed by atoms with E-state index in [1.165, 1.54) is 5.57 Å². The number of nitrogens with two attached hydrogens (primary N) is 1. The standard InChI is InChI=1S/C10H20N2O/c1-9(2)7-12-4-3-5-13-10(6-11)8-12/h10H,1,3-8,11H2,2H3. The van der Waals surface area contributed by atoms with E-state index in [1.54, 1.807) is 0 Å². The van der Waals surface area contributed by atoms with Gasteiger partial charge in [0, 0.05) is 32.8 Å². The summed E-state index contributed by atoms with van der Waals surface area (Å²) in [6, 6.07) is 0. The summed E-state index contributed by atoms with van der Waals surface area (Å²) in [6.45, 7) is 10.5. The molecule has 0 amide bonds. The lowest BCUT2D eigenvalue weighted by molar-refractivity contribution is 0.0617. The maximum Gasteiger partial charge on any atom is 0.0824 e. The second kappa shape index (κ2) is 5.37. The third-order valence-corrected chi connectivity index (χ3v) is 2.19. The topological polar surface area (TPSA) is 38.5 Å². The highest BCUT2D eigenvalue weighted by Gasteiger charge is 2.16.